The molecule has 0 bridgehead atoms. The highest BCUT2D eigenvalue weighted by Gasteiger charge is 2.50. The minimum Gasteiger partial charge on any atom is -0.369 e. The molecule has 1 unspecified atom stereocenters. The Labute approximate surface area is 119 Å². The van der Waals surface area contributed by atoms with Gasteiger partial charge in [0.2, 0.25) is 17.8 Å². The Morgan fingerprint density at radius 2 is 2.19 bits per heavy atom. The Morgan fingerprint density at radius 1 is 1.48 bits per heavy atom. The molecule has 21 heavy (non-hydrogen) atoms. The third-order valence-corrected chi connectivity index (χ3v) is 4.14. The van der Waals surface area contributed by atoms with Crippen LogP contribution in [0.4, 0.5) is 14.7 Å². The number of aromatic amines is 1. The van der Waals surface area contributed by atoms with Crippen molar-refractivity contribution in [3.05, 3.63) is 22.1 Å². The highest BCUT2D eigenvalue weighted by molar-refractivity contribution is 5.80. The van der Waals surface area contributed by atoms with Gasteiger partial charge in [0.15, 0.2) is 0 Å². The summed E-state index contributed by atoms with van der Waals surface area (Å²) in [6, 6.07) is 1.37. The van der Waals surface area contributed by atoms with E-state index in [1.165, 1.54) is 6.07 Å². The molecule has 1 aliphatic carbocycles. The number of alkyl halides is 2. The van der Waals surface area contributed by atoms with Crippen molar-refractivity contribution in [2.45, 2.75) is 31.1 Å². The molecule has 1 saturated carbocycles. The summed E-state index contributed by atoms with van der Waals surface area (Å²) < 4.78 is 25.7. The van der Waals surface area contributed by atoms with Crippen LogP contribution in [0.25, 0.3) is 0 Å². The number of nitrogens with two attached hydrogens (primary N) is 1. The molecule has 2 heterocycles. The Bertz CT molecular complexity index is 623. The predicted octanol–water partition coefficient (Wildman–Crippen LogP) is 0.713. The van der Waals surface area contributed by atoms with E-state index in [-0.39, 0.29) is 36.2 Å². The number of rotatable bonds is 2. The molecule has 0 radical (unpaired) electrons. The van der Waals surface area contributed by atoms with Crippen molar-refractivity contribution in [1.29, 1.82) is 0 Å². The molecule has 1 amide bonds. The molecule has 1 aliphatic heterocycles. The Morgan fingerprint density at radius 3 is 2.81 bits per heavy atom. The zero-order valence-electron chi connectivity index (χ0n) is 11.3. The van der Waals surface area contributed by atoms with Crippen LogP contribution >= 0.6 is 0 Å². The van der Waals surface area contributed by atoms with Crippen molar-refractivity contribution in [2.75, 3.05) is 18.8 Å². The monoisotopic (exact) mass is 298 g/mol. The van der Waals surface area contributed by atoms with E-state index < -0.39 is 11.8 Å². The number of halogens is 2. The zero-order chi connectivity index (χ0) is 15.2. The maximum atomic E-state index is 12.8. The largest absolute Gasteiger partial charge is 0.369 e. The van der Waals surface area contributed by atoms with E-state index in [4.69, 9.17) is 5.73 Å². The average Bonchev–Trinajstić information content (AvgIpc) is 2.83. The van der Waals surface area contributed by atoms with Crippen LogP contribution in [0.3, 0.4) is 0 Å². The van der Waals surface area contributed by atoms with Crippen molar-refractivity contribution < 1.29 is 13.6 Å². The molecule has 0 aromatic carbocycles. The lowest BCUT2D eigenvalue weighted by molar-refractivity contribution is -0.158. The lowest BCUT2D eigenvalue weighted by atomic mass is 9.80. The number of carbonyl (C=O) groups excluding carboxylic acids is 1. The van der Waals surface area contributed by atoms with Gasteiger partial charge in [-0.15, -0.1) is 0 Å². The van der Waals surface area contributed by atoms with Gasteiger partial charge in [0.25, 0.3) is 5.56 Å². The van der Waals surface area contributed by atoms with Crippen molar-refractivity contribution >= 4 is 11.9 Å². The van der Waals surface area contributed by atoms with E-state index in [1.807, 2.05) is 0 Å². The van der Waals surface area contributed by atoms with Crippen LogP contribution in [0, 0.1) is 5.92 Å². The highest BCUT2D eigenvalue weighted by atomic mass is 19.3. The number of nitrogens with zero attached hydrogens (tertiary/aromatic N) is 2. The first-order chi connectivity index (χ1) is 9.84. The number of hydrogen-bond donors (Lipinski definition) is 2. The molecular weight excluding hydrogens is 282 g/mol. The van der Waals surface area contributed by atoms with Gasteiger partial charge in [-0.25, -0.2) is 13.8 Å². The molecule has 2 fully saturated rings. The fourth-order valence-electron chi connectivity index (χ4n) is 3.00. The van der Waals surface area contributed by atoms with Crippen molar-refractivity contribution in [1.82, 2.24) is 14.9 Å². The second kappa shape index (κ2) is 4.78. The number of carbonyl (C=O) groups is 1. The first-order valence-corrected chi connectivity index (χ1v) is 6.87. The Hall–Kier alpha value is -1.99. The number of hydrogen-bond acceptors (Lipinski definition) is 4. The van der Waals surface area contributed by atoms with Crippen molar-refractivity contribution in [3.63, 3.8) is 0 Å². The van der Waals surface area contributed by atoms with E-state index in [2.05, 4.69) is 9.97 Å². The van der Waals surface area contributed by atoms with Crippen LogP contribution in [0.5, 0.6) is 0 Å². The van der Waals surface area contributed by atoms with Crippen LogP contribution in [-0.4, -0.2) is 39.8 Å². The standard InChI is InChI=1S/C13H16F2N4O2/c14-13(15)4-8(5-13)11(21)19-2-1-7(6-19)9-3-10(20)18-12(16)17-9/h3,7-8H,1-2,4-6H2,(H3,16,17,18,20). The van der Waals surface area contributed by atoms with Crippen molar-refractivity contribution in [3.8, 4) is 0 Å². The molecule has 1 aromatic rings. The van der Waals surface area contributed by atoms with Gasteiger partial charge in [-0.1, -0.05) is 0 Å². The maximum Gasteiger partial charge on any atom is 0.252 e. The number of H-pyrrole nitrogens is 1. The molecule has 1 saturated heterocycles. The van der Waals surface area contributed by atoms with Crippen LogP contribution in [0.15, 0.2) is 10.9 Å². The number of nitrogen functional groups attached to an aromatic ring is 1. The van der Waals surface area contributed by atoms with Crippen LogP contribution in [-0.2, 0) is 4.79 Å². The fraction of sp³-hybridized carbons (Fsp3) is 0.615. The molecule has 2 aliphatic rings. The maximum absolute atomic E-state index is 12.8. The van der Waals surface area contributed by atoms with Gasteiger partial charge >= 0.3 is 0 Å². The SMILES string of the molecule is Nc1nc(C2CCN(C(=O)C3CC(F)(F)C3)C2)cc(=O)[nH]1. The molecule has 0 spiro atoms. The first kappa shape index (κ1) is 14.0. The number of likely N-dealkylation sites (tertiary alicyclic amines) is 1. The van der Waals surface area contributed by atoms with Crippen LogP contribution < -0.4 is 11.3 Å². The van der Waals surface area contributed by atoms with Crippen LogP contribution in [0.2, 0.25) is 0 Å². The van der Waals surface area contributed by atoms with Crippen molar-refractivity contribution in [2.24, 2.45) is 5.92 Å². The van der Waals surface area contributed by atoms with Gasteiger partial charge in [0.1, 0.15) is 0 Å². The number of nitrogens with one attached hydrogen (secondary N) is 1. The normalized spacial score (nSPS) is 24.9. The molecular formula is C13H16F2N4O2. The topological polar surface area (TPSA) is 92.1 Å². The first-order valence-electron chi connectivity index (χ1n) is 6.87. The minimum atomic E-state index is -2.69. The molecule has 114 valence electrons. The number of aromatic nitrogens is 2. The van der Waals surface area contributed by atoms with Gasteiger partial charge in [0, 0.05) is 43.8 Å². The number of anilines is 1. The van der Waals surface area contributed by atoms with Gasteiger partial charge < -0.3 is 10.6 Å². The molecule has 6 nitrogen and oxygen atoms in total. The van der Waals surface area contributed by atoms with E-state index in [0.29, 0.717) is 25.2 Å². The second-order valence-corrected chi connectivity index (χ2v) is 5.79. The molecule has 3 N–H and O–H groups in total. The highest BCUT2D eigenvalue weighted by Crippen LogP contribution is 2.43. The van der Waals surface area contributed by atoms with Gasteiger partial charge in [-0.3, -0.25) is 14.6 Å². The summed E-state index contributed by atoms with van der Waals surface area (Å²) in [6.45, 7) is 0.900. The smallest absolute Gasteiger partial charge is 0.252 e. The summed E-state index contributed by atoms with van der Waals surface area (Å²) in [5.41, 5.74) is 5.71. The molecule has 8 heteroatoms. The molecule has 3 rings (SSSR count). The zero-order valence-corrected chi connectivity index (χ0v) is 11.3. The predicted molar refractivity (Wildman–Crippen MR) is 70.9 cm³/mol. The number of amides is 1. The summed E-state index contributed by atoms with van der Waals surface area (Å²) in [5.74, 6) is -3.51. The van der Waals surface area contributed by atoms with E-state index in [0.717, 1.165) is 0 Å². The minimum absolute atomic E-state index is 0.0425. The summed E-state index contributed by atoms with van der Waals surface area (Å²) >= 11 is 0. The van der Waals surface area contributed by atoms with Gasteiger partial charge in [-0.2, -0.15) is 0 Å². The van der Waals surface area contributed by atoms with Gasteiger partial charge in [0.05, 0.1) is 5.69 Å². The lowest BCUT2D eigenvalue weighted by Gasteiger charge is -2.36. The van der Waals surface area contributed by atoms with Crippen LogP contribution in [0.1, 0.15) is 30.9 Å². The third-order valence-electron chi connectivity index (χ3n) is 4.14. The average molecular weight is 298 g/mol. The Balaban J connectivity index is 1.65. The summed E-state index contributed by atoms with van der Waals surface area (Å²) in [4.78, 5) is 31.5. The molecule has 1 aromatic heterocycles. The molecule has 1 atom stereocenters. The third kappa shape index (κ3) is 2.74. The quantitative estimate of drug-likeness (QED) is 0.841. The fourth-order valence-corrected chi connectivity index (χ4v) is 3.00. The Kier molecular flexibility index (Phi) is 3.18. The lowest BCUT2D eigenvalue weighted by Crippen LogP contribution is -2.46. The summed E-state index contributed by atoms with van der Waals surface area (Å²) in [7, 11) is 0. The van der Waals surface area contributed by atoms with Gasteiger partial charge in [-0.05, 0) is 6.42 Å². The van der Waals surface area contributed by atoms with E-state index in [9.17, 15) is 18.4 Å². The summed E-state index contributed by atoms with van der Waals surface area (Å²) in [5, 5.41) is 0. The van der Waals surface area contributed by atoms with E-state index in [1.54, 1.807) is 4.90 Å². The second-order valence-electron chi connectivity index (χ2n) is 5.79. The van der Waals surface area contributed by atoms with E-state index >= 15 is 0 Å². The summed E-state index contributed by atoms with van der Waals surface area (Å²) in [6.07, 6.45) is -0.0584.